The van der Waals surface area contributed by atoms with E-state index < -0.39 is 12.3 Å². The van der Waals surface area contributed by atoms with Crippen molar-refractivity contribution in [3.8, 4) is 0 Å². The zero-order chi connectivity index (χ0) is 14.9. The Hall–Kier alpha value is -2.17. The number of hydrogen-bond acceptors (Lipinski definition) is 5. The van der Waals surface area contributed by atoms with Gasteiger partial charge in [-0.25, -0.2) is 4.79 Å². The van der Waals surface area contributed by atoms with Crippen LogP contribution in [0.1, 0.15) is 20.8 Å². The average Bonchev–Trinajstić information content (AvgIpc) is 2.72. The number of hydrogen-bond donors (Lipinski definition) is 0. The highest BCUT2D eigenvalue weighted by Gasteiger charge is 2.37. The number of allylic oxidation sites excluding steroid dienone is 5. The normalized spacial score (nSPS) is 21.9. The summed E-state index contributed by atoms with van der Waals surface area (Å²) >= 11 is 0. The average molecular weight is 278 g/mol. The maximum atomic E-state index is 11.4. The second-order valence-corrected chi connectivity index (χ2v) is 4.59. The molecule has 0 saturated heterocycles. The Balaban J connectivity index is 2.54. The fourth-order valence-corrected chi connectivity index (χ4v) is 2.28. The van der Waals surface area contributed by atoms with Gasteiger partial charge in [0.05, 0.1) is 25.6 Å². The zero-order valence-corrected chi connectivity index (χ0v) is 12.3. The zero-order valence-electron chi connectivity index (χ0n) is 12.3. The standard InChI is InChI=1S/C15H18O5/c1-8(6-12(16)17-4)11-7-9(2)19-15-13(11)14(18-5)10(3)20-15/h6-7,15H,1-5H3/b8-6+/t15-/m1/s1. The molecule has 0 aromatic rings. The first-order valence-electron chi connectivity index (χ1n) is 6.25. The van der Waals surface area contributed by atoms with Crippen LogP contribution in [0, 0.1) is 0 Å². The van der Waals surface area contributed by atoms with Crippen molar-refractivity contribution in [2.75, 3.05) is 14.2 Å². The maximum absolute atomic E-state index is 11.4. The third-order valence-corrected chi connectivity index (χ3v) is 3.18. The molecular weight excluding hydrogens is 260 g/mol. The van der Waals surface area contributed by atoms with E-state index in [0.717, 1.165) is 22.5 Å². The highest BCUT2D eigenvalue weighted by atomic mass is 16.7. The molecule has 0 unspecified atom stereocenters. The Bertz CT molecular complexity index is 563. The van der Waals surface area contributed by atoms with Gasteiger partial charge in [0.25, 0.3) is 6.29 Å². The summed E-state index contributed by atoms with van der Waals surface area (Å²) in [4.78, 5) is 11.4. The van der Waals surface area contributed by atoms with E-state index in [-0.39, 0.29) is 0 Å². The number of methoxy groups -OCH3 is 2. The molecule has 0 spiro atoms. The van der Waals surface area contributed by atoms with Gasteiger partial charge in [-0.05, 0) is 38.0 Å². The van der Waals surface area contributed by atoms with Crippen LogP contribution in [0.3, 0.4) is 0 Å². The lowest BCUT2D eigenvalue weighted by Crippen LogP contribution is -2.19. The Morgan fingerprint density at radius 1 is 1.30 bits per heavy atom. The van der Waals surface area contributed by atoms with Crippen LogP contribution < -0.4 is 0 Å². The SMILES string of the molecule is COC(=O)/C=C(\C)C1=C2C(OC)=C(C)O[C@H]2OC(C)=C1. The summed E-state index contributed by atoms with van der Waals surface area (Å²) in [5.41, 5.74) is 2.43. The van der Waals surface area contributed by atoms with Gasteiger partial charge in [0, 0.05) is 6.08 Å². The van der Waals surface area contributed by atoms with Gasteiger partial charge in [0.2, 0.25) is 0 Å². The van der Waals surface area contributed by atoms with Crippen molar-refractivity contribution < 1.29 is 23.7 Å². The van der Waals surface area contributed by atoms with Crippen LogP contribution in [-0.4, -0.2) is 26.5 Å². The number of esters is 1. The lowest BCUT2D eigenvalue weighted by atomic mass is 9.96. The van der Waals surface area contributed by atoms with E-state index >= 15 is 0 Å². The van der Waals surface area contributed by atoms with E-state index in [1.54, 1.807) is 7.11 Å². The van der Waals surface area contributed by atoms with Gasteiger partial charge >= 0.3 is 5.97 Å². The molecule has 0 aliphatic carbocycles. The molecule has 0 saturated carbocycles. The number of ether oxygens (including phenoxy) is 4. The van der Waals surface area contributed by atoms with Crippen molar-refractivity contribution in [2.45, 2.75) is 27.1 Å². The van der Waals surface area contributed by atoms with Gasteiger partial charge in [-0.15, -0.1) is 0 Å². The fraction of sp³-hybridized carbons (Fsp3) is 0.400. The second kappa shape index (κ2) is 5.45. The van der Waals surface area contributed by atoms with Gasteiger partial charge in [-0.3, -0.25) is 0 Å². The summed E-state index contributed by atoms with van der Waals surface area (Å²) in [7, 11) is 2.93. The molecule has 0 fully saturated rings. The minimum atomic E-state index is -0.522. The molecule has 2 heterocycles. The maximum Gasteiger partial charge on any atom is 0.330 e. The quantitative estimate of drug-likeness (QED) is 0.586. The van der Waals surface area contributed by atoms with Crippen molar-refractivity contribution in [1.29, 1.82) is 0 Å². The highest BCUT2D eigenvalue weighted by molar-refractivity contribution is 5.84. The minimum absolute atomic E-state index is 0.400. The molecule has 0 N–H and O–H groups in total. The van der Waals surface area contributed by atoms with Crippen molar-refractivity contribution in [1.82, 2.24) is 0 Å². The van der Waals surface area contributed by atoms with E-state index in [4.69, 9.17) is 14.2 Å². The molecule has 0 bridgehead atoms. The van der Waals surface area contributed by atoms with Crippen molar-refractivity contribution in [3.05, 3.63) is 46.1 Å². The summed E-state index contributed by atoms with van der Waals surface area (Å²) in [6.45, 7) is 5.50. The predicted molar refractivity (Wildman–Crippen MR) is 72.2 cm³/mol. The summed E-state index contributed by atoms with van der Waals surface area (Å²) in [6, 6.07) is 0. The molecule has 0 amide bonds. The monoisotopic (exact) mass is 278 g/mol. The van der Waals surface area contributed by atoms with Gasteiger partial charge < -0.3 is 18.9 Å². The summed E-state index contributed by atoms with van der Waals surface area (Å²) in [6.07, 6.45) is 2.78. The number of rotatable bonds is 3. The fourth-order valence-electron chi connectivity index (χ4n) is 2.28. The Labute approximate surface area is 118 Å². The Kier molecular flexibility index (Phi) is 3.88. The third-order valence-electron chi connectivity index (χ3n) is 3.18. The van der Waals surface area contributed by atoms with E-state index in [0.29, 0.717) is 11.5 Å². The topological polar surface area (TPSA) is 54.0 Å². The molecule has 0 aromatic heterocycles. The molecule has 5 nitrogen and oxygen atoms in total. The molecule has 0 aromatic carbocycles. The Morgan fingerprint density at radius 3 is 2.60 bits per heavy atom. The molecule has 5 heteroatoms. The van der Waals surface area contributed by atoms with Gasteiger partial charge in [0.1, 0.15) is 5.76 Å². The first kappa shape index (κ1) is 14.2. The van der Waals surface area contributed by atoms with E-state index in [1.807, 2.05) is 26.8 Å². The lowest BCUT2D eigenvalue weighted by Gasteiger charge is -2.23. The van der Waals surface area contributed by atoms with Crippen LogP contribution in [0.4, 0.5) is 0 Å². The number of carbonyl (C=O) groups excluding carboxylic acids is 1. The Morgan fingerprint density at radius 2 is 2.00 bits per heavy atom. The van der Waals surface area contributed by atoms with Crippen LogP contribution >= 0.6 is 0 Å². The molecule has 108 valence electrons. The van der Waals surface area contributed by atoms with Crippen molar-refractivity contribution in [3.63, 3.8) is 0 Å². The molecule has 2 rings (SSSR count). The largest absolute Gasteiger partial charge is 0.493 e. The molecule has 20 heavy (non-hydrogen) atoms. The molecule has 2 aliphatic rings. The summed E-state index contributed by atoms with van der Waals surface area (Å²) in [5.74, 6) is 1.63. The van der Waals surface area contributed by atoms with Crippen molar-refractivity contribution in [2.24, 2.45) is 0 Å². The molecule has 2 aliphatic heterocycles. The summed E-state index contributed by atoms with van der Waals surface area (Å²) in [5, 5.41) is 0. The second-order valence-electron chi connectivity index (χ2n) is 4.59. The van der Waals surface area contributed by atoms with E-state index in [1.165, 1.54) is 13.2 Å². The number of carbonyl (C=O) groups is 1. The summed E-state index contributed by atoms with van der Waals surface area (Å²) < 4.78 is 21.3. The van der Waals surface area contributed by atoms with E-state index in [9.17, 15) is 4.79 Å². The predicted octanol–water partition coefficient (Wildman–Crippen LogP) is 2.57. The smallest absolute Gasteiger partial charge is 0.330 e. The minimum Gasteiger partial charge on any atom is -0.493 e. The van der Waals surface area contributed by atoms with Gasteiger partial charge in [-0.1, -0.05) is 0 Å². The van der Waals surface area contributed by atoms with Crippen LogP contribution in [0.5, 0.6) is 0 Å². The van der Waals surface area contributed by atoms with Crippen LogP contribution in [0.2, 0.25) is 0 Å². The van der Waals surface area contributed by atoms with Crippen LogP contribution in [0.25, 0.3) is 0 Å². The number of fused-ring (bicyclic) bond motifs is 1. The third kappa shape index (κ3) is 2.43. The highest BCUT2D eigenvalue weighted by Crippen LogP contribution is 2.40. The van der Waals surface area contributed by atoms with Gasteiger partial charge in [-0.2, -0.15) is 0 Å². The van der Waals surface area contributed by atoms with Crippen LogP contribution in [0.15, 0.2) is 46.1 Å². The molecule has 1 atom stereocenters. The van der Waals surface area contributed by atoms with E-state index in [2.05, 4.69) is 4.74 Å². The molecular formula is C15H18O5. The van der Waals surface area contributed by atoms with Crippen LogP contribution in [-0.2, 0) is 23.7 Å². The van der Waals surface area contributed by atoms with Gasteiger partial charge in [0.15, 0.2) is 5.76 Å². The molecule has 0 radical (unpaired) electrons. The first-order valence-corrected chi connectivity index (χ1v) is 6.25. The van der Waals surface area contributed by atoms with Crippen molar-refractivity contribution >= 4 is 5.97 Å². The lowest BCUT2D eigenvalue weighted by molar-refractivity contribution is -0.134. The first-order chi connectivity index (χ1) is 9.47.